The minimum atomic E-state index is -3.47. The maximum Gasteiger partial charge on any atom is 0.241 e. The first-order valence-electron chi connectivity index (χ1n) is 14.4. The van der Waals surface area contributed by atoms with Gasteiger partial charge in [-0.05, 0) is 67.9 Å². The van der Waals surface area contributed by atoms with E-state index in [2.05, 4.69) is 10.6 Å². The number of ether oxygens (including phenoxy) is 2. The van der Waals surface area contributed by atoms with Crippen LogP contribution in [0.5, 0.6) is 0 Å². The largest absolute Gasteiger partial charge is 0.383 e. The highest BCUT2D eigenvalue weighted by Gasteiger charge is 2.37. The first-order valence-corrected chi connectivity index (χ1v) is 16.7. The summed E-state index contributed by atoms with van der Waals surface area (Å²) >= 11 is 6.12. The second-order valence-electron chi connectivity index (χ2n) is 11.2. The Kier molecular flexibility index (Phi) is 11.8. The summed E-state index contributed by atoms with van der Waals surface area (Å²) in [4.78, 5) is 13.6. The first-order chi connectivity index (χ1) is 20.1. The number of carbonyl (C=O) groups excluding carboxylic acids is 1. The summed E-state index contributed by atoms with van der Waals surface area (Å²) in [5.41, 5.74) is 8.30. The molecule has 12 heteroatoms. The van der Waals surface area contributed by atoms with E-state index in [1.807, 2.05) is 12.1 Å². The topological polar surface area (TPSA) is 123 Å². The molecule has 2 aliphatic heterocycles. The molecule has 4 atom stereocenters. The Morgan fingerprint density at radius 1 is 1.19 bits per heavy atom. The molecule has 2 saturated heterocycles. The molecule has 2 aliphatic rings. The van der Waals surface area contributed by atoms with Gasteiger partial charge in [0.15, 0.2) is 0 Å². The number of nitrogens with one attached hydrogen (secondary N) is 2. The average Bonchev–Trinajstić information content (AvgIpc) is 2.96. The Morgan fingerprint density at radius 3 is 2.55 bits per heavy atom. The monoisotopic (exact) mass is 624 g/mol. The van der Waals surface area contributed by atoms with Crippen LogP contribution < -0.4 is 16.4 Å². The van der Waals surface area contributed by atoms with Crippen LogP contribution in [0.2, 0.25) is 5.02 Å². The van der Waals surface area contributed by atoms with Gasteiger partial charge in [-0.25, -0.2) is 12.8 Å². The van der Waals surface area contributed by atoms with E-state index in [1.165, 1.54) is 16.6 Å². The minimum Gasteiger partial charge on any atom is -0.383 e. The van der Waals surface area contributed by atoms with Crippen molar-refractivity contribution in [2.75, 3.05) is 51.6 Å². The van der Waals surface area contributed by atoms with Gasteiger partial charge < -0.3 is 25.8 Å². The predicted molar refractivity (Wildman–Crippen MR) is 163 cm³/mol. The molecule has 0 bridgehead atoms. The zero-order valence-electron chi connectivity index (χ0n) is 24.2. The van der Waals surface area contributed by atoms with Crippen molar-refractivity contribution in [3.63, 3.8) is 0 Å². The van der Waals surface area contributed by atoms with Gasteiger partial charge in [0.05, 0.1) is 24.9 Å². The van der Waals surface area contributed by atoms with E-state index in [4.69, 9.17) is 26.8 Å². The third-order valence-corrected chi connectivity index (χ3v) is 9.90. The molecule has 2 aromatic carbocycles. The van der Waals surface area contributed by atoms with Gasteiger partial charge in [-0.2, -0.15) is 4.31 Å². The number of amides is 1. The van der Waals surface area contributed by atoms with Gasteiger partial charge >= 0.3 is 0 Å². The van der Waals surface area contributed by atoms with Crippen LogP contribution in [0.3, 0.4) is 0 Å². The number of hydrogen-bond donors (Lipinski definition) is 3. The number of methoxy groups -OCH3 is 1. The lowest BCUT2D eigenvalue weighted by Crippen LogP contribution is -2.60. The Bertz CT molecular complexity index is 1290. The van der Waals surface area contributed by atoms with Crippen LogP contribution in [0.4, 0.5) is 10.1 Å². The van der Waals surface area contributed by atoms with Crippen LogP contribution in [-0.4, -0.2) is 83.0 Å². The van der Waals surface area contributed by atoms with Crippen molar-refractivity contribution in [1.82, 2.24) is 9.62 Å². The molecule has 4 N–H and O–H groups in total. The number of nitrogens with zero attached hydrogens (tertiary/aromatic N) is 1. The number of nitrogens with two attached hydrogens (primary N) is 1. The number of rotatable bonds is 12. The normalized spacial score (nSPS) is 22.0. The molecule has 1 amide bonds. The smallest absolute Gasteiger partial charge is 0.241 e. The van der Waals surface area contributed by atoms with E-state index in [0.717, 1.165) is 18.4 Å². The number of halogens is 2. The second kappa shape index (κ2) is 15.1. The zero-order chi connectivity index (χ0) is 30.3. The van der Waals surface area contributed by atoms with Crippen LogP contribution in [0, 0.1) is 11.7 Å². The SMILES string of the molecule is COCC1CNC[C@H](CCCc2c(F)cccc2NC(=O)[C@@H](N)[C@@H](c2ccc(Cl)cc2)C2CCOCC2)N1S(C)(=O)=O. The molecule has 232 valence electrons. The molecule has 42 heavy (non-hydrogen) atoms. The van der Waals surface area contributed by atoms with Crippen molar-refractivity contribution >= 4 is 33.2 Å². The van der Waals surface area contributed by atoms with E-state index in [1.54, 1.807) is 31.4 Å². The number of carbonyl (C=O) groups is 1. The molecular formula is C30H42ClFN4O5S. The molecule has 2 aromatic rings. The summed E-state index contributed by atoms with van der Waals surface area (Å²) in [6.45, 7) is 2.51. The molecule has 2 fully saturated rings. The number of piperazine rings is 1. The summed E-state index contributed by atoms with van der Waals surface area (Å²) in [6, 6.07) is 10.5. The van der Waals surface area contributed by atoms with Gasteiger partial charge in [0.1, 0.15) is 5.82 Å². The maximum atomic E-state index is 15.1. The molecule has 0 radical (unpaired) electrons. The number of anilines is 1. The minimum absolute atomic E-state index is 0.150. The fourth-order valence-corrected chi connectivity index (χ4v) is 7.87. The van der Waals surface area contributed by atoms with Crippen molar-refractivity contribution in [1.29, 1.82) is 0 Å². The van der Waals surface area contributed by atoms with Gasteiger partial charge in [0.2, 0.25) is 15.9 Å². The molecular weight excluding hydrogens is 583 g/mol. The maximum absolute atomic E-state index is 15.1. The summed E-state index contributed by atoms with van der Waals surface area (Å²) in [5, 5.41) is 6.79. The van der Waals surface area contributed by atoms with Crippen LogP contribution in [0.1, 0.15) is 42.7 Å². The van der Waals surface area contributed by atoms with Crippen molar-refractivity contribution in [3.05, 3.63) is 64.4 Å². The van der Waals surface area contributed by atoms with Crippen molar-refractivity contribution in [2.45, 2.75) is 56.1 Å². The van der Waals surface area contributed by atoms with Crippen LogP contribution in [-0.2, 0) is 30.7 Å². The number of benzene rings is 2. The highest BCUT2D eigenvalue weighted by Crippen LogP contribution is 2.35. The molecule has 4 rings (SSSR count). The molecule has 0 spiro atoms. The first kappa shape index (κ1) is 32.8. The lowest BCUT2D eigenvalue weighted by Gasteiger charge is -2.40. The van der Waals surface area contributed by atoms with Crippen molar-refractivity contribution in [2.24, 2.45) is 11.7 Å². The highest BCUT2D eigenvalue weighted by atomic mass is 35.5. The molecule has 0 aliphatic carbocycles. The lowest BCUT2D eigenvalue weighted by molar-refractivity contribution is -0.118. The molecule has 0 saturated carbocycles. The molecule has 2 heterocycles. The second-order valence-corrected chi connectivity index (χ2v) is 13.5. The van der Waals surface area contributed by atoms with Gasteiger partial charge in [-0.15, -0.1) is 0 Å². The lowest BCUT2D eigenvalue weighted by atomic mass is 9.76. The van der Waals surface area contributed by atoms with Gasteiger partial charge in [0, 0.05) is 61.6 Å². The van der Waals surface area contributed by atoms with Gasteiger partial charge in [-0.3, -0.25) is 4.79 Å². The van der Waals surface area contributed by atoms with Gasteiger partial charge in [-0.1, -0.05) is 29.8 Å². The van der Waals surface area contributed by atoms with Crippen LogP contribution in [0.15, 0.2) is 42.5 Å². The summed E-state index contributed by atoms with van der Waals surface area (Å²) < 4.78 is 52.6. The summed E-state index contributed by atoms with van der Waals surface area (Å²) in [6.07, 6.45) is 4.13. The van der Waals surface area contributed by atoms with E-state index in [0.29, 0.717) is 61.8 Å². The van der Waals surface area contributed by atoms with Crippen molar-refractivity contribution in [3.8, 4) is 0 Å². The Hall–Kier alpha value is -2.12. The molecule has 0 aromatic heterocycles. The van der Waals surface area contributed by atoms with E-state index in [-0.39, 0.29) is 30.5 Å². The van der Waals surface area contributed by atoms with E-state index >= 15 is 4.39 Å². The van der Waals surface area contributed by atoms with E-state index in [9.17, 15) is 13.2 Å². The van der Waals surface area contributed by atoms with Gasteiger partial charge in [0.25, 0.3) is 0 Å². The standard InChI is InChI=1S/C30H42ClFN4O5S/c1-40-19-24-18-34-17-23(36(24)42(2,38)39)5-3-6-25-26(32)7-4-8-27(25)35-30(37)29(33)28(21-13-15-41-16-14-21)20-9-11-22(31)12-10-20/h4,7-12,21,23-24,28-29,34H,3,5-6,13-19,33H2,1-2H3,(H,35,37)/t23-,24?,28-,29-/m0/s1. The number of hydrogen-bond acceptors (Lipinski definition) is 7. The summed E-state index contributed by atoms with van der Waals surface area (Å²) in [7, 11) is -1.93. The average molecular weight is 625 g/mol. The zero-order valence-corrected chi connectivity index (χ0v) is 25.8. The number of sulfonamides is 1. The van der Waals surface area contributed by atoms with Crippen molar-refractivity contribution < 1.29 is 27.1 Å². The Labute approximate surface area is 253 Å². The van der Waals surface area contributed by atoms with E-state index < -0.39 is 27.8 Å². The fourth-order valence-electron chi connectivity index (χ4n) is 6.35. The van der Waals surface area contributed by atoms with Crippen LogP contribution >= 0.6 is 11.6 Å². The summed E-state index contributed by atoms with van der Waals surface area (Å²) in [5.74, 6) is -0.935. The van der Waals surface area contributed by atoms with Crippen LogP contribution in [0.25, 0.3) is 0 Å². The fraction of sp³-hybridized carbons (Fsp3) is 0.567. The third kappa shape index (κ3) is 8.28. The highest BCUT2D eigenvalue weighted by molar-refractivity contribution is 7.88. The Morgan fingerprint density at radius 2 is 1.88 bits per heavy atom. The molecule has 1 unspecified atom stereocenters. The quantitative estimate of drug-likeness (QED) is 0.330. The predicted octanol–water partition coefficient (Wildman–Crippen LogP) is 3.53. The third-order valence-electron chi connectivity index (χ3n) is 8.28. The molecule has 9 nitrogen and oxygen atoms in total. The Balaban J connectivity index is 1.47.